The van der Waals surface area contributed by atoms with E-state index in [0.717, 1.165) is 12.8 Å². The standard InChI is InChI=1S/C12H20N4O2/c1-4-9(5-2)8(3)14-11-7-6-10(16(17)18)12(13)15-11/h6-9H,4-5H2,1-3H3,(H3,13,14,15). The molecule has 0 amide bonds. The molecule has 0 saturated heterocycles. The molecule has 1 unspecified atom stereocenters. The van der Waals surface area contributed by atoms with Crippen LogP contribution in [0.3, 0.4) is 0 Å². The molecule has 18 heavy (non-hydrogen) atoms. The summed E-state index contributed by atoms with van der Waals surface area (Å²) < 4.78 is 0. The molecule has 1 aromatic rings. The molecule has 0 saturated carbocycles. The Hall–Kier alpha value is -1.85. The van der Waals surface area contributed by atoms with Crippen molar-refractivity contribution in [3.8, 4) is 0 Å². The van der Waals surface area contributed by atoms with Crippen LogP contribution in [-0.2, 0) is 0 Å². The van der Waals surface area contributed by atoms with Crippen molar-refractivity contribution in [3.63, 3.8) is 0 Å². The van der Waals surface area contributed by atoms with E-state index in [0.29, 0.717) is 11.7 Å². The van der Waals surface area contributed by atoms with E-state index < -0.39 is 4.92 Å². The summed E-state index contributed by atoms with van der Waals surface area (Å²) in [5, 5.41) is 13.9. The van der Waals surface area contributed by atoms with Crippen LogP contribution in [0.2, 0.25) is 0 Å². The zero-order valence-electron chi connectivity index (χ0n) is 11.0. The number of nitrogens with two attached hydrogens (primary N) is 1. The Bertz CT molecular complexity index is 419. The summed E-state index contributed by atoms with van der Waals surface area (Å²) in [7, 11) is 0. The highest BCUT2D eigenvalue weighted by molar-refractivity contribution is 5.57. The van der Waals surface area contributed by atoms with Crippen molar-refractivity contribution < 1.29 is 4.92 Å². The van der Waals surface area contributed by atoms with Gasteiger partial charge in [-0.1, -0.05) is 26.7 Å². The van der Waals surface area contributed by atoms with Crippen molar-refractivity contribution in [2.75, 3.05) is 11.1 Å². The summed E-state index contributed by atoms with van der Waals surface area (Å²) >= 11 is 0. The van der Waals surface area contributed by atoms with Crippen LogP contribution in [0, 0.1) is 16.0 Å². The fourth-order valence-corrected chi connectivity index (χ4v) is 2.05. The molecule has 1 rings (SSSR count). The molecule has 0 aromatic carbocycles. The minimum atomic E-state index is -0.531. The second-order valence-electron chi connectivity index (χ2n) is 4.37. The van der Waals surface area contributed by atoms with Crippen LogP contribution >= 0.6 is 0 Å². The molecule has 0 radical (unpaired) electrons. The van der Waals surface area contributed by atoms with Gasteiger partial charge >= 0.3 is 5.69 Å². The summed E-state index contributed by atoms with van der Waals surface area (Å²) in [4.78, 5) is 14.1. The number of aromatic nitrogens is 1. The Morgan fingerprint density at radius 2 is 2.06 bits per heavy atom. The van der Waals surface area contributed by atoms with E-state index in [1.165, 1.54) is 6.07 Å². The van der Waals surface area contributed by atoms with Gasteiger partial charge in [0.15, 0.2) is 0 Å². The Morgan fingerprint density at radius 1 is 1.44 bits per heavy atom. The van der Waals surface area contributed by atoms with Crippen LogP contribution in [0.15, 0.2) is 12.1 Å². The van der Waals surface area contributed by atoms with Crippen LogP contribution in [0.4, 0.5) is 17.3 Å². The fraction of sp³-hybridized carbons (Fsp3) is 0.583. The van der Waals surface area contributed by atoms with Crippen molar-refractivity contribution in [2.24, 2.45) is 5.92 Å². The van der Waals surface area contributed by atoms with Crippen molar-refractivity contribution in [2.45, 2.75) is 39.7 Å². The lowest BCUT2D eigenvalue weighted by atomic mass is 9.95. The first-order valence-electron chi connectivity index (χ1n) is 6.17. The largest absolute Gasteiger partial charge is 0.378 e. The number of nitrogens with zero attached hydrogens (tertiary/aromatic N) is 2. The topological polar surface area (TPSA) is 94.1 Å². The highest BCUT2D eigenvalue weighted by atomic mass is 16.6. The maximum absolute atomic E-state index is 10.6. The molecule has 1 aromatic heterocycles. The number of nitrogens with one attached hydrogen (secondary N) is 1. The maximum Gasteiger partial charge on any atom is 0.311 e. The summed E-state index contributed by atoms with van der Waals surface area (Å²) in [6, 6.07) is 3.23. The minimum Gasteiger partial charge on any atom is -0.378 e. The number of rotatable bonds is 6. The minimum absolute atomic E-state index is 0.0539. The third-order valence-electron chi connectivity index (χ3n) is 3.23. The van der Waals surface area contributed by atoms with Crippen LogP contribution < -0.4 is 11.1 Å². The number of hydrogen-bond acceptors (Lipinski definition) is 5. The van der Waals surface area contributed by atoms with E-state index in [2.05, 4.69) is 31.1 Å². The van der Waals surface area contributed by atoms with E-state index in [9.17, 15) is 10.1 Å². The highest BCUT2D eigenvalue weighted by Gasteiger charge is 2.16. The number of nitrogen functional groups attached to an aromatic ring is 1. The molecule has 0 aliphatic carbocycles. The Morgan fingerprint density at radius 3 is 2.50 bits per heavy atom. The second-order valence-corrected chi connectivity index (χ2v) is 4.37. The van der Waals surface area contributed by atoms with Crippen LogP contribution in [0.1, 0.15) is 33.6 Å². The second kappa shape index (κ2) is 6.18. The number of anilines is 2. The van der Waals surface area contributed by atoms with Crippen LogP contribution in [-0.4, -0.2) is 15.9 Å². The first kappa shape index (κ1) is 14.2. The molecule has 0 spiro atoms. The van der Waals surface area contributed by atoms with Gasteiger partial charge in [-0.15, -0.1) is 0 Å². The average Bonchev–Trinajstić information content (AvgIpc) is 2.30. The number of pyridine rings is 1. The summed E-state index contributed by atoms with van der Waals surface area (Å²) in [5.74, 6) is 1.07. The predicted octanol–water partition coefficient (Wildman–Crippen LogP) is 2.81. The quantitative estimate of drug-likeness (QED) is 0.599. The van der Waals surface area contributed by atoms with Crippen molar-refractivity contribution in [3.05, 3.63) is 22.2 Å². The zero-order chi connectivity index (χ0) is 13.7. The molecule has 0 bridgehead atoms. The van der Waals surface area contributed by atoms with Crippen molar-refractivity contribution >= 4 is 17.3 Å². The van der Waals surface area contributed by atoms with Crippen LogP contribution in [0.5, 0.6) is 0 Å². The van der Waals surface area contributed by atoms with E-state index in [-0.39, 0.29) is 17.5 Å². The van der Waals surface area contributed by atoms with Crippen molar-refractivity contribution in [1.29, 1.82) is 0 Å². The Balaban J connectivity index is 2.80. The summed E-state index contributed by atoms with van der Waals surface area (Å²) in [5.41, 5.74) is 5.39. The monoisotopic (exact) mass is 252 g/mol. The molecule has 100 valence electrons. The smallest absolute Gasteiger partial charge is 0.311 e. The van der Waals surface area contributed by atoms with Gasteiger partial charge in [-0.2, -0.15) is 0 Å². The molecule has 3 N–H and O–H groups in total. The first-order chi connectivity index (χ1) is 8.49. The van der Waals surface area contributed by atoms with Gasteiger partial charge in [-0.25, -0.2) is 4.98 Å². The van der Waals surface area contributed by atoms with Gasteiger partial charge in [0.05, 0.1) is 4.92 Å². The predicted molar refractivity (Wildman–Crippen MR) is 72.5 cm³/mol. The van der Waals surface area contributed by atoms with Crippen molar-refractivity contribution in [1.82, 2.24) is 4.98 Å². The van der Waals surface area contributed by atoms with Gasteiger partial charge in [0.1, 0.15) is 5.82 Å². The van der Waals surface area contributed by atoms with Gasteiger partial charge in [-0.3, -0.25) is 10.1 Å². The van der Waals surface area contributed by atoms with E-state index in [4.69, 9.17) is 5.73 Å². The van der Waals surface area contributed by atoms with E-state index >= 15 is 0 Å². The Kier molecular flexibility index (Phi) is 4.88. The number of hydrogen-bond donors (Lipinski definition) is 2. The normalized spacial score (nSPS) is 12.4. The van der Waals surface area contributed by atoms with Gasteiger partial charge in [0.25, 0.3) is 0 Å². The van der Waals surface area contributed by atoms with Gasteiger partial charge in [-0.05, 0) is 18.9 Å². The van der Waals surface area contributed by atoms with E-state index in [1.54, 1.807) is 6.07 Å². The molecular formula is C12H20N4O2. The van der Waals surface area contributed by atoms with Gasteiger partial charge < -0.3 is 11.1 Å². The molecule has 1 atom stereocenters. The zero-order valence-corrected chi connectivity index (χ0v) is 11.0. The third kappa shape index (κ3) is 3.32. The van der Waals surface area contributed by atoms with E-state index in [1.807, 2.05) is 0 Å². The SMILES string of the molecule is CCC(CC)C(C)Nc1ccc([N+](=O)[O-])c(N)n1. The average molecular weight is 252 g/mol. The lowest BCUT2D eigenvalue weighted by Gasteiger charge is -2.23. The maximum atomic E-state index is 10.6. The molecule has 0 aliphatic heterocycles. The molecular weight excluding hydrogens is 232 g/mol. The Labute approximate surface area is 107 Å². The highest BCUT2D eigenvalue weighted by Crippen LogP contribution is 2.22. The van der Waals surface area contributed by atoms with Crippen LogP contribution in [0.25, 0.3) is 0 Å². The fourth-order valence-electron chi connectivity index (χ4n) is 2.05. The first-order valence-corrected chi connectivity index (χ1v) is 6.17. The lowest BCUT2D eigenvalue weighted by Crippen LogP contribution is -2.25. The summed E-state index contributed by atoms with van der Waals surface area (Å²) in [6.07, 6.45) is 2.15. The molecule has 0 fully saturated rings. The molecule has 1 heterocycles. The van der Waals surface area contributed by atoms with Gasteiger partial charge in [0.2, 0.25) is 5.82 Å². The molecule has 6 heteroatoms. The molecule has 0 aliphatic rings. The summed E-state index contributed by atoms with van der Waals surface area (Å²) in [6.45, 7) is 6.37. The van der Waals surface area contributed by atoms with Gasteiger partial charge in [0, 0.05) is 12.1 Å². The number of nitro groups is 1. The third-order valence-corrected chi connectivity index (χ3v) is 3.23. The molecule has 6 nitrogen and oxygen atoms in total. The lowest BCUT2D eigenvalue weighted by molar-refractivity contribution is -0.384.